The molecule has 0 saturated heterocycles. The summed E-state index contributed by atoms with van der Waals surface area (Å²) in [5.41, 5.74) is 1.99. The van der Waals surface area contributed by atoms with Gasteiger partial charge in [-0.25, -0.2) is 0 Å². The van der Waals surface area contributed by atoms with E-state index in [1.54, 1.807) is 0 Å². The molecule has 0 aliphatic heterocycles. The smallest absolute Gasteiger partial charge is 0.249 e. The van der Waals surface area contributed by atoms with Crippen molar-refractivity contribution in [3.05, 3.63) is 29.8 Å². The zero-order valence-electron chi connectivity index (χ0n) is 16.8. The molecular formula is C20H28N4O2S. The minimum atomic E-state index is -0.619. The average Bonchev–Trinajstić information content (AvgIpc) is 2.99. The number of hydrogen-bond donors (Lipinski definition) is 2. The SMILES string of the molecule is Cc1ccc(-c2nnc(NC(=O)C(NC(=O)CC(C)(C)C)C(C)C)s2)cc1. The van der Waals surface area contributed by atoms with E-state index < -0.39 is 6.04 Å². The molecule has 6 nitrogen and oxygen atoms in total. The van der Waals surface area contributed by atoms with E-state index in [1.807, 2.05) is 65.8 Å². The van der Waals surface area contributed by atoms with Gasteiger partial charge >= 0.3 is 0 Å². The number of hydrogen-bond acceptors (Lipinski definition) is 5. The number of rotatable bonds is 6. The van der Waals surface area contributed by atoms with Crippen LogP contribution >= 0.6 is 11.3 Å². The second-order valence-corrected chi connectivity index (χ2v) is 9.27. The van der Waals surface area contributed by atoms with Crippen LogP contribution in [0.25, 0.3) is 10.6 Å². The first-order valence-corrected chi connectivity index (χ1v) is 9.87. The number of anilines is 1. The highest BCUT2D eigenvalue weighted by molar-refractivity contribution is 7.18. The summed E-state index contributed by atoms with van der Waals surface area (Å²) >= 11 is 1.31. The summed E-state index contributed by atoms with van der Waals surface area (Å²) < 4.78 is 0. The summed E-state index contributed by atoms with van der Waals surface area (Å²) in [6.45, 7) is 11.8. The van der Waals surface area contributed by atoms with Crippen molar-refractivity contribution in [3.63, 3.8) is 0 Å². The Bertz CT molecular complexity index is 791. The number of nitrogens with zero attached hydrogens (tertiary/aromatic N) is 2. The van der Waals surface area contributed by atoms with E-state index >= 15 is 0 Å². The Hall–Kier alpha value is -2.28. The zero-order valence-corrected chi connectivity index (χ0v) is 17.6. The number of carbonyl (C=O) groups is 2. The number of amides is 2. The zero-order chi connectivity index (χ0) is 20.2. The van der Waals surface area contributed by atoms with Gasteiger partial charge in [0.1, 0.15) is 11.0 Å². The molecule has 0 spiro atoms. The highest BCUT2D eigenvalue weighted by atomic mass is 32.1. The number of aromatic nitrogens is 2. The van der Waals surface area contributed by atoms with Crippen molar-refractivity contribution >= 4 is 28.3 Å². The third-order valence-electron chi connectivity index (χ3n) is 3.91. The van der Waals surface area contributed by atoms with Crippen molar-refractivity contribution in [3.8, 4) is 10.6 Å². The summed E-state index contributed by atoms with van der Waals surface area (Å²) in [6, 6.07) is 7.35. The van der Waals surface area contributed by atoms with Crippen LogP contribution in [0.3, 0.4) is 0 Å². The first kappa shape index (κ1) is 21.0. The van der Waals surface area contributed by atoms with Gasteiger partial charge in [-0.3, -0.25) is 14.9 Å². The molecule has 1 atom stereocenters. The molecule has 2 N–H and O–H groups in total. The number of aryl methyl sites for hydroxylation is 1. The Kier molecular flexibility index (Phi) is 6.70. The molecule has 0 radical (unpaired) electrons. The molecule has 2 aromatic rings. The quantitative estimate of drug-likeness (QED) is 0.782. The van der Waals surface area contributed by atoms with Crippen LogP contribution in [0.2, 0.25) is 0 Å². The lowest BCUT2D eigenvalue weighted by Gasteiger charge is -2.24. The largest absolute Gasteiger partial charge is 0.344 e. The van der Waals surface area contributed by atoms with E-state index in [-0.39, 0.29) is 23.1 Å². The molecule has 7 heteroatoms. The normalized spacial score (nSPS) is 12.7. The van der Waals surface area contributed by atoms with Crippen LogP contribution in [0.4, 0.5) is 5.13 Å². The molecule has 1 unspecified atom stereocenters. The number of benzene rings is 1. The molecule has 1 aromatic carbocycles. The minimum absolute atomic E-state index is 0.0431. The Labute approximate surface area is 164 Å². The molecule has 1 aromatic heterocycles. The van der Waals surface area contributed by atoms with Crippen LogP contribution in [0, 0.1) is 18.3 Å². The van der Waals surface area contributed by atoms with E-state index in [0.29, 0.717) is 11.6 Å². The van der Waals surface area contributed by atoms with E-state index in [4.69, 9.17) is 0 Å². The van der Waals surface area contributed by atoms with Crippen LogP contribution in [-0.4, -0.2) is 28.1 Å². The summed E-state index contributed by atoms with van der Waals surface area (Å²) in [5, 5.41) is 15.0. The lowest BCUT2D eigenvalue weighted by Crippen LogP contribution is -2.47. The Morgan fingerprint density at radius 3 is 2.30 bits per heavy atom. The molecule has 0 saturated carbocycles. The first-order chi connectivity index (χ1) is 12.5. The maximum atomic E-state index is 12.7. The highest BCUT2D eigenvalue weighted by Crippen LogP contribution is 2.26. The maximum Gasteiger partial charge on any atom is 0.249 e. The van der Waals surface area contributed by atoms with Gasteiger partial charge in [-0.15, -0.1) is 10.2 Å². The Balaban J connectivity index is 2.05. The maximum absolute atomic E-state index is 12.7. The first-order valence-electron chi connectivity index (χ1n) is 9.06. The standard InChI is InChI=1S/C20H28N4O2S/c1-12(2)16(21-15(25)11-20(4,5)6)17(26)22-19-24-23-18(27-19)14-9-7-13(3)8-10-14/h7-10,12,16H,11H2,1-6H3,(H,21,25)(H,22,24,26). The van der Waals surface area contributed by atoms with Gasteiger partial charge in [0.2, 0.25) is 16.9 Å². The molecule has 1 heterocycles. The van der Waals surface area contributed by atoms with E-state index in [1.165, 1.54) is 16.9 Å². The van der Waals surface area contributed by atoms with Crippen molar-refractivity contribution in [1.29, 1.82) is 0 Å². The van der Waals surface area contributed by atoms with Gasteiger partial charge in [0, 0.05) is 12.0 Å². The van der Waals surface area contributed by atoms with Crippen molar-refractivity contribution < 1.29 is 9.59 Å². The Morgan fingerprint density at radius 2 is 1.74 bits per heavy atom. The summed E-state index contributed by atoms with van der Waals surface area (Å²) in [5.74, 6) is -0.453. The van der Waals surface area contributed by atoms with Crippen molar-refractivity contribution in [2.24, 2.45) is 11.3 Å². The molecule has 0 bridgehead atoms. The van der Waals surface area contributed by atoms with Gasteiger partial charge in [-0.1, -0.05) is 75.8 Å². The molecule has 2 amide bonds. The Morgan fingerprint density at radius 1 is 1.11 bits per heavy atom. The molecular weight excluding hydrogens is 360 g/mol. The van der Waals surface area contributed by atoms with Crippen LogP contribution in [0.5, 0.6) is 0 Å². The monoisotopic (exact) mass is 388 g/mol. The molecule has 2 rings (SSSR count). The van der Waals surface area contributed by atoms with Gasteiger partial charge in [-0.2, -0.15) is 0 Å². The number of carbonyl (C=O) groups excluding carboxylic acids is 2. The third-order valence-corrected chi connectivity index (χ3v) is 4.80. The van der Waals surface area contributed by atoms with E-state index in [2.05, 4.69) is 20.8 Å². The van der Waals surface area contributed by atoms with Crippen molar-refractivity contribution in [2.45, 2.75) is 54.0 Å². The summed E-state index contributed by atoms with van der Waals surface area (Å²) in [7, 11) is 0. The van der Waals surface area contributed by atoms with E-state index in [0.717, 1.165) is 10.6 Å². The topological polar surface area (TPSA) is 84.0 Å². The second-order valence-electron chi connectivity index (χ2n) is 8.29. The fourth-order valence-electron chi connectivity index (χ4n) is 2.51. The fourth-order valence-corrected chi connectivity index (χ4v) is 3.26. The van der Waals surface area contributed by atoms with Crippen molar-refractivity contribution in [2.75, 3.05) is 5.32 Å². The second kappa shape index (κ2) is 8.61. The van der Waals surface area contributed by atoms with Crippen molar-refractivity contribution in [1.82, 2.24) is 15.5 Å². The molecule has 0 fully saturated rings. The lowest BCUT2D eigenvalue weighted by molar-refractivity contribution is -0.128. The van der Waals surface area contributed by atoms with Gasteiger partial charge in [0.15, 0.2) is 0 Å². The predicted molar refractivity (Wildman–Crippen MR) is 110 cm³/mol. The molecule has 27 heavy (non-hydrogen) atoms. The number of nitrogens with one attached hydrogen (secondary N) is 2. The highest BCUT2D eigenvalue weighted by Gasteiger charge is 2.27. The van der Waals surface area contributed by atoms with Gasteiger partial charge in [-0.05, 0) is 18.3 Å². The molecule has 0 aliphatic carbocycles. The van der Waals surface area contributed by atoms with Crippen LogP contribution in [0.1, 0.15) is 46.6 Å². The van der Waals surface area contributed by atoms with Crippen LogP contribution in [-0.2, 0) is 9.59 Å². The van der Waals surface area contributed by atoms with Gasteiger partial charge < -0.3 is 5.32 Å². The van der Waals surface area contributed by atoms with E-state index in [9.17, 15) is 9.59 Å². The predicted octanol–water partition coefficient (Wildman–Crippen LogP) is 4.03. The average molecular weight is 389 g/mol. The van der Waals surface area contributed by atoms with Crippen LogP contribution in [0.15, 0.2) is 24.3 Å². The minimum Gasteiger partial charge on any atom is -0.344 e. The fraction of sp³-hybridized carbons (Fsp3) is 0.500. The third kappa shape index (κ3) is 6.43. The summed E-state index contributed by atoms with van der Waals surface area (Å²) in [6.07, 6.45) is 0.361. The molecule has 146 valence electrons. The van der Waals surface area contributed by atoms with Gasteiger partial charge in [0.05, 0.1) is 0 Å². The summed E-state index contributed by atoms with van der Waals surface area (Å²) in [4.78, 5) is 24.9. The lowest BCUT2D eigenvalue weighted by atomic mass is 9.91. The molecule has 0 aliphatic rings. The van der Waals surface area contributed by atoms with Crippen LogP contribution < -0.4 is 10.6 Å². The van der Waals surface area contributed by atoms with Gasteiger partial charge in [0.25, 0.3) is 0 Å².